The van der Waals surface area contributed by atoms with Gasteiger partial charge < -0.3 is 15.5 Å². The van der Waals surface area contributed by atoms with Crippen molar-refractivity contribution < 1.29 is 0 Å². The molecule has 4 atom stereocenters. The van der Waals surface area contributed by atoms with Crippen molar-refractivity contribution in [1.29, 1.82) is 0 Å². The van der Waals surface area contributed by atoms with Crippen LogP contribution in [0.2, 0.25) is 0 Å². The van der Waals surface area contributed by atoms with Crippen molar-refractivity contribution in [1.82, 2.24) is 10.3 Å². The lowest BCUT2D eigenvalue weighted by atomic mass is 9.69. The molecule has 4 rings (SSSR count). The number of hydrogen-bond acceptors (Lipinski definition) is 4. The average Bonchev–Trinajstić information content (AvgIpc) is 3.18. The Morgan fingerprint density at radius 3 is 2.71 bits per heavy atom. The summed E-state index contributed by atoms with van der Waals surface area (Å²) in [6, 6.07) is 5.56. The van der Waals surface area contributed by atoms with Crippen LogP contribution in [0.15, 0.2) is 18.3 Å². The van der Waals surface area contributed by atoms with Gasteiger partial charge in [0.2, 0.25) is 0 Å². The Morgan fingerprint density at radius 2 is 2.08 bits per heavy atom. The Morgan fingerprint density at radius 1 is 1.25 bits per heavy atom. The molecular weight excluding hydrogens is 296 g/mol. The van der Waals surface area contributed by atoms with Gasteiger partial charge in [0.1, 0.15) is 5.82 Å². The molecule has 3 fully saturated rings. The van der Waals surface area contributed by atoms with E-state index in [-0.39, 0.29) is 0 Å². The fourth-order valence-electron chi connectivity index (χ4n) is 5.53. The minimum Gasteiger partial charge on any atom is -0.370 e. The third kappa shape index (κ3) is 2.33. The van der Waals surface area contributed by atoms with Crippen molar-refractivity contribution in [3.8, 4) is 0 Å². The van der Waals surface area contributed by atoms with Crippen LogP contribution < -0.4 is 15.5 Å². The van der Waals surface area contributed by atoms with E-state index in [1.807, 2.05) is 6.20 Å². The molecule has 4 nitrogen and oxygen atoms in total. The van der Waals surface area contributed by atoms with Crippen LogP contribution in [0.3, 0.4) is 0 Å². The van der Waals surface area contributed by atoms with Gasteiger partial charge in [-0.15, -0.1) is 0 Å². The highest BCUT2D eigenvalue weighted by Gasteiger charge is 2.61. The Kier molecular flexibility index (Phi) is 3.79. The van der Waals surface area contributed by atoms with E-state index in [4.69, 9.17) is 0 Å². The summed E-state index contributed by atoms with van der Waals surface area (Å²) in [6.07, 6.45) is 7.22. The lowest BCUT2D eigenvalue weighted by Gasteiger charge is -2.39. The molecule has 2 heterocycles. The number of pyridine rings is 1. The van der Waals surface area contributed by atoms with Crippen LogP contribution in [-0.2, 0) is 0 Å². The molecule has 0 amide bonds. The van der Waals surface area contributed by atoms with Gasteiger partial charge in [-0.05, 0) is 55.5 Å². The highest BCUT2D eigenvalue weighted by Crippen LogP contribution is 2.65. The molecule has 3 aliphatic rings. The lowest BCUT2D eigenvalue weighted by molar-refractivity contribution is 0.142. The molecule has 132 valence electrons. The minimum absolute atomic E-state index is 0.389. The first-order valence-electron chi connectivity index (χ1n) is 9.59. The maximum absolute atomic E-state index is 4.62. The van der Waals surface area contributed by atoms with Crippen LogP contribution in [0.25, 0.3) is 0 Å². The number of nitrogens with one attached hydrogen (secondary N) is 2. The Labute approximate surface area is 146 Å². The molecule has 24 heavy (non-hydrogen) atoms. The molecule has 0 aromatic carbocycles. The van der Waals surface area contributed by atoms with E-state index in [2.05, 4.69) is 60.5 Å². The van der Waals surface area contributed by atoms with Gasteiger partial charge in [-0.3, -0.25) is 0 Å². The minimum atomic E-state index is 0.389. The smallest absolute Gasteiger partial charge is 0.128 e. The predicted molar refractivity (Wildman–Crippen MR) is 101 cm³/mol. The van der Waals surface area contributed by atoms with Gasteiger partial charge in [-0.25, -0.2) is 4.98 Å². The molecule has 2 bridgehead atoms. The molecule has 0 unspecified atom stereocenters. The highest BCUT2D eigenvalue weighted by atomic mass is 15.2. The SMILES string of the molecule is CN[C@H]1CCN(c2ccnc(N[C@H]3C[C@H]4CC[C@]3(C)C4(C)C)c2)C1. The largest absolute Gasteiger partial charge is 0.370 e. The van der Waals surface area contributed by atoms with E-state index in [1.54, 1.807) is 0 Å². The van der Waals surface area contributed by atoms with E-state index in [1.165, 1.54) is 31.4 Å². The zero-order chi connectivity index (χ0) is 16.9. The summed E-state index contributed by atoms with van der Waals surface area (Å²) in [5.74, 6) is 1.91. The van der Waals surface area contributed by atoms with Crippen LogP contribution >= 0.6 is 0 Å². The Bertz CT molecular complexity index is 613. The average molecular weight is 329 g/mol. The molecule has 2 N–H and O–H groups in total. The molecule has 1 aliphatic heterocycles. The second kappa shape index (κ2) is 5.62. The summed E-state index contributed by atoms with van der Waals surface area (Å²) in [5, 5.41) is 7.20. The van der Waals surface area contributed by atoms with E-state index >= 15 is 0 Å². The molecule has 2 aliphatic carbocycles. The fourth-order valence-corrected chi connectivity index (χ4v) is 5.53. The number of aromatic nitrogens is 1. The van der Waals surface area contributed by atoms with E-state index in [0.29, 0.717) is 22.9 Å². The van der Waals surface area contributed by atoms with Gasteiger partial charge in [0, 0.05) is 43.1 Å². The van der Waals surface area contributed by atoms with Crippen molar-refractivity contribution >= 4 is 11.5 Å². The number of nitrogens with zero attached hydrogens (tertiary/aromatic N) is 2. The second-order valence-electron chi connectivity index (χ2n) is 8.93. The Hall–Kier alpha value is -1.29. The van der Waals surface area contributed by atoms with Gasteiger partial charge in [0.15, 0.2) is 0 Å². The summed E-state index contributed by atoms with van der Waals surface area (Å²) in [6.45, 7) is 9.65. The van der Waals surface area contributed by atoms with Crippen LogP contribution in [0, 0.1) is 16.7 Å². The van der Waals surface area contributed by atoms with Crippen molar-refractivity contribution in [2.45, 2.75) is 58.5 Å². The van der Waals surface area contributed by atoms with Gasteiger partial charge in [0.25, 0.3) is 0 Å². The topological polar surface area (TPSA) is 40.2 Å². The zero-order valence-electron chi connectivity index (χ0n) is 15.6. The van der Waals surface area contributed by atoms with Gasteiger partial charge in [-0.1, -0.05) is 20.8 Å². The third-order valence-electron chi connectivity index (χ3n) is 7.82. The van der Waals surface area contributed by atoms with Crippen molar-refractivity contribution in [3.63, 3.8) is 0 Å². The summed E-state index contributed by atoms with van der Waals surface area (Å²) >= 11 is 0. The van der Waals surface area contributed by atoms with Crippen LogP contribution in [0.1, 0.15) is 46.5 Å². The monoisotopic (exact) mass is 328 g/mol. The first-order valence-corrected chi connectivity index (χ1v) is 9.59. The van der Waals surface area contributed by atoms with Gasteiger partial charge in [-0.2, -0.15) is 0 Å². The first kappa shape index (κ1) is 16.2. The molecule has 1 aromatic heterocycles. The van der Waals surface area contributed by atoms with E-state index in [9.17, 15) is 0 Å². The molecule has 4 heteroatoms. The van der Waals surface area contributed by atoms with Gasteiger partial charge in [0.05, 0.1) is 0 Å². The second-order valence-corrected chi connectivity index (χ2v) is 8.93. The first-order chi connectivity index (χ1) is 11.4. The highest BCUT2D eigenvalue weighted by molar-refractivity contribution is 5.55. The van der Waals surface area contributed by atoms with E-state index in [0.717, 1.165) is 24.8 Å². The standard InChI is InChI=1S/C20H32N4/c1-19(2)14-5-8-20(19,3)17(11-14)23-18-12-16(6-9-22-18)24-10-7-15(13-24)21-4/h6,9,12,14-15,17,21H,5,7-8,10-11,13H2,1-4H3,(H,22,23)/t14-,15+,17+,20+/m1/s1. The van der Waals surface area contributed by atoms with Crippen LogP contribution in [-0.4, -0.2) is 37.2 Å². The number of likely N-dealkylation sites (N-methyl/N-ethyl adjacent to an activating group) is 1. The molecular formula is C20H32N4. The predicted octanol–water partition coefficient (Wildman–Crippen LogP) is 3.51. The quantitative estimate of drug-likeness (QED) is 0.887. The van der Waals surface area contributed by atoms with Crippen molar-refractivity contribution in [2.75, 3.05) is 30.4 Å². The maximum atomic E-state index is 4.62. The summed E-state index contributed by atoms with van der Waals surface area (Å²) < 4.78 is 0. The van der Waals surface area contributed by atoms with E-state index < -0.39 is 0 Å². The van der Waals surface area contributed by atoms with Gasteiger partial charge >= 0.3 is 0 Å². The number of hydrogen-bond donors (Lipinski definition) is 2. The van der Waals surface area contributed by atoms with Crippen LogP contribution in [0.5, 0.6) is 0 Å². The normalized spacial score (nSPS) is 37.2. The van der Waals surface area contributed by atoms with Crippen molar-refractivity contribution in [3.05, 3.63) is 18.3 Å². The third-order valence-corrected chi connectivity index (χ3v) is 7.82. The van der Waals surface area contributed by atoms with Crippen molar-refractivity contribution in [2.24, 2.45) is 16.7 Å². The summed E-state index contributed by atoms with van der Waals surface area (Å²) in [4.78, 5) is 7.10. The molecule has 0 radical (unpaired) electrons. The Balaban J connectivity index is 1.50. The number of rotatable bonds is 4. The molecule has 1 aromatic rings. The summed E-state index contributed by atoms with van der Waals surface area (Å²) in [7, 11) is 2.06. The number of anilines is 2. The fraction of sp³-hybridized carbons (Fsp3) is 0.750. The number of fused-ring (bicyclic) bond motifs is 2. The molecule has 2 saturated carbocycles. The molecule has 0 spiro atoms. The zero-order valence-corrected chi connectivity index (χ0v) is 15.6. The lowest BCUT2D eigenvalue weighted by Crippen LogP contribution is -2.40. The summed E-state index contributed by atoms with van der Waals surface area (Å²) in [5.41, 5.74) is 2.13. The molecule has 1 saturated heterocycles. The van der Waals surface area contributed by atoms with Crippen LogP contribution in [0.4, 0.5) is 11.5 Å². The maximum Gasteiger partial charge on any atom is 0.128 e.